The summed E-state index contributed by atoms with van der Waals surface area (Å²) in [7, 11) is 1.90. The van der Waals surface area contributed by atoms with E-state index in [9.17, 15) is 0 Å². The first-order valence-electron chi connectivity index (χ1n) is 5.23. The van der Waals surface area contributed by atoms with Gasteiger partial charge in [-0.05, 0) is 18.6 Å². The van der Waals surface area contributed by atoms with Gasteiger partial charge in [-0.3, -0.25) is 4.68 Å². The molecule has 0 fully saturated rings. The van der Waals surface area contributed by atoms with E-state index >= 15 is 0 Å². The highest BCUT2D eigenvalue weighted by Crippen LogP contribution is 2.15. The number of aromatic nitrogens is 2. The number of nitrogens with one attached hydrogen (secondary N) is 1. The Morgan fingerprint density at radius 2 is 2.19 bits per heavy atom. The molecule has 4 heteroatoms. The van der Waals surface area contributed by atoms with Gasteiger partial charge >= 0.3 is 0 Å². The highest BCUT2D eigenvalue weighted by molar-refractivity contribution is 5.50. The van der Waals surface area contributed by atoms with E-state index in [0.29, 0.717) is 6.54 Å². The fourth-order valence-electron chi connectivity index (χ4n) is 1.62. The summed E-state index contributed by atoms with van der Waals surface area (Å²) in [6.07, 6.45) is 1.77. The third-order valence-corrected chi connectivity index (χ3v) is 2.58. The summed E-state index contributed by atoms with van der Waals surface area (Å²) < 4.78 is 1.80. The SMILES string of the molecule is Cc1ccc(N)c(CNc2ccnn2C)c1. The van der Waals surface area contributed by atoms with Gasteiger partial charge in [-0.25, -0.2) is 0 Å². The highest BCUT2D eigenvalue weighted by Gasteiger charge is 2.01. The smallest absolute Gasteiger partial charge is 0.124 e. The Balaban J connectivity index is 2.10. The Morgan fingerprint density at radius 3 is 2.88 bits per heavy atom. The normalized spacial score (nSPS) is 10.4. The van der Waals surface area contributed by atoms with E-state index in [1.807, 2.05) is 25.2 Å². The molecular formula is C12H16N4. The van der Waals surface area contributed by atoms with Gasteiger partial charge in [0.2, 0.25) is 0 Å². The van der Waals surface area contributed by atoms with Crippen LogP contribution in [0.4, 0.5) is 11.5 Å². The van der Waals surface area contributed by atoms with Crippen LogP contribution in [0.5, 0.6) is 0 Å². The largest absolute Gasteiger partial charge is 0.398 e. The Morgan fingerprint density at radius 1 is 1.38 bits per heavy atom. The van der Waals surface area contributed by atoms with Crippen molar-refractivity contribution in [2.75, 3.05) is 11.1 Å². The number of nitrogen functional groups attached to an aromatic ring is 1. The van der Waals surface area contributed by atoms with Crippen molar-refractivity contribution >= 4 is 11.5 Å². The van der Waals surface area contributed by atoms with Crippen LogP contribution in [0.3, 0.4) is 0 Å². The van der Waals surface area contributed by atoms with Crippen LogP contribution in [-0.4, -0.2) is 9.78 Å². The Bertz CT molecular complexity index is 488. The van der Waals surface area contributed by atoms with Crippen molar-refractivity contribution in [2.24, 2.45) is 7.05 Å². The zero-order valence-electron chi connectivity index (χ0n) is 9.57. The Kier molecular flexibility index (Phi) is 2.81. The van der Waals surface area contributed by atoms with Crippen molar-refractivity contribution in [3.63, 3.8) is 0 Å². The van der Waals surface area contributed by atoms with Crippen LogP contribution in [0.25, 0.3) is 0 Å². The topological polar surface area (TPSA) is 55.9 Å². The molecule has 2 rings (SSSR count). The van der Waals surface area contributed by atoms with E-state index in [2.05, 4.69) is 23.4 Å². The first-order valence-corrected chi connectivity index (χ1v) is 5.23. The summed E-state index contributed by atoms with van der Waals surface area (Å²) in [4.78, 5) is 0. The van der Waals surface area contributed by atoms with Crippen LogP contribution < -0.4 is 11.1 Å². The maximum atomic E-state index is 5.90. The van der Waals surface area contributed by atoms with Gasteiger partial charge < -0.3 is 11.1 Å². The van der Waals surface area contributed by atoms with E-state index in [0.717, 1.165) is 17.1 Å². The molecule has 1 heterocycles. The van der Waals surface area contributed by atoms with Gasteiger partial charge in [-0.1, -0.05) is 17.7 Å². The average Bonchev–Trinajstić information content (AvgIpc) is 2.66. The molecule has 0 aliphatic heterocycles. The molecule has 0 spiro atoms. The molecule has 0 radical (unpaired) electrons. The summed E-state index contributed by atoms with van der Waals surface area (Å²) in [5.41, 5.74) is 9.05. The maximum Gasteiger partial charge on any atom is 0.124 e. The van der Waals surface area contributed by atoms with Crippen LogP contribution in [-0.2, 0) is 13.6 Å². The molecular weight excluding hydrogens is 200 g/mol. The number of rotatable bonds is 3. The minimum absolute atomic E-state index is 0.715. The summed E-state index contributed by atoms with van der Waals surface area (Å²) in [6.45, 7) is 2.78. The predicted molar refractivity (Wildman–Crippen MR) is 66.1 cm³/mol. The summed E-state index contributed by atoms with van der Waals surface area (Å²) in [6, 6.07) is 7.99. The standard InChI is InChI=1S/C12H16N4/c1-9-3-4-11(13)10(7-9)8-14-12-5-6-15-16(12)2/h3-7,14H,8,13H2,1-2H3. The van der Waals surface area contributed by atoms with Crippen molar-refractivity contribution in [3.8, 4) is 0 Å². The fourth-order valence-corrected chi connectivity index (χ4v) is 1.62. The second kappa shape index (κ2) is 4.26. The van der Waals surface area contributed by atoms with Crippen molar-refractivity contribution < 1.29 is 0 Å². The lowest BCUT2D eigenvalue weighted by atomic mass is 10.1. The molecule has 3 N–H and O–H groups in total. The Labute approximate surface area is 95.1 Å². The van der Waals surface area contributed by atoms with Gasteiger partial charge in [0, 0.05) is 25.3 Å². The quantitative estimate of drug-likeness (QED) is 0.771. The first kappa shape index (κ1) is 10.5. The minimum atomic E-state index is 0.715. The number of aryl methyl sites for hydroxylation is 2. The molecule has 0 amide bonds. The molecule has 16 heavy (non-hydrogen) atoms. The Hall–Kier alpha value is -1.97. The van der Waals surface area contributed by atoms with Crippen LogP contribution in [0, 0.1) is 6.92 Å². The minimum Gasteiger partial charge on any atom is -0.398 e. The van der Waals surface area contributed by atoms with Gasteiger partial charge in [0.05, 0.1) is 6.20 Å². The molecule has 1 aromatic heterocycles. The number of anilines is 2. The third kappa shape index (κ3) is 2.16. The predicted octanol–water partition coefficient (Wildman–Crippen LogP) is 1.92. The molecule has 0 aliphatic carbocycles. The van der Waals surface area contributed by atoms with E-state index in [1.54, 1.807) is 10.9 Å². The second-order valence-corrected chi connectivity index (χ2v) is 3.90. The van der Waals surface area contributed by atoms with E-state index in [4.69, 9.17) is 5.73 Å². The van der Waals surface area contributed by atoms with Crippen LogP contribution in [0.1, 0.15) is 11.1 Å². The molecule has 0 unspecified atom stereocenters. The number of nitrogens with two attached hydrogens (primary N) is 1. The number of hydrogen-bond acceptors (Lipinski definition) is 3. The molecule has 0 saturated carbocycles. The monoisotopic (exact) mass is 216 g/mol. The molecule has 0 bridgehead atoms. The van der Waals surface area contributed by atoms with Gasteiger partial charge in [-0.2, -0.15) is 5.10 Å². The van der Waals surface area contributed by atoms with Crippen molar-refractivity contribution in [3.05, 3.63) is 41.6 Å². The van der Waals surface area contributed by atoms with Gasteiger partial charge in [0.1, 0.15) is 5.82 Å². The first-order chi connectivity index (χ1) is 7.66. The number of hydrogen-bond donors (Lipinski definition) is 2. The molecule has 84 valence electrons. The fraction of sp³-hybridized carbons (Fsp3) is 0.250. The van der Waals surface area contributed by atoms with Crippen LogP contribution in [0.2, 0.25) is 0 Å². The van der Waals surface area contributed by atoms with Crippen LogP contribution in [0.15, 0.2) is 30.5 Å². The van der Waals surface area contributed by atoms with Gasteiger partial charge in [0.15, 0.2) is 0 Å². The van der Waals surface area contributed by atoms with Gasteiger partial charge in [-0.15, -0.1) is 0 Å². The lowest BCUT2D eigenvalue weighted by Crippen LogP contribution is -2.06. The molecule has 2 aromatic rings. The van der Waals surface area contributed by atoms with Gasteiger partial charge in [0.25, 0.3) is 0 Å². The molecule has 0 saturated heterocycles. The summed E-state index contributed by atoms with van der Waals surface area (Å²) in [5, 5.41) is 7.39. The lowest BCUT2D eigenvalue weighted by molar-refractivity contribution is 0.769. The summed E-state index contributed by atoms with van der Waals surface area (Å²) >= 11 is 0. The van der Waals surface area contributed by atoms with Crippen molar-refractivity contribution in [1.29, 1.82) is 0 Å². The third-order valence-electron chi connectivity index (χ3n) is 2.58. The zero-order valence-corrected chi connectivity index (χ0v) is 9.57. The van der Waals surface area contributed by atoms with E-state index < -0.39 is 0 Å². The zero-order chi connectivity index (χ0) is 11.5. The number of nitrogens with zero attached hydrogens (tertiary/aromatic N) is 2. The molecule has 4 nitrogen and oxygen atoms in total. The van der Waals surface area contributed by atoms with E-state index in [-0.39, 0.29) is 0 Å². The maximum absolute atomic E-state index is 5.90. The molecule has 0 aliphatic rings. The van der Waals surface area contributed by atoms with Crippen molar-refractivity contribution in [1.82, 2.24) is 9.78 Å². The average molecular weight is 216 g/mol. The summed E-state index contributed by atoms with van der Waals surface area (Å²) in [5.74, 6) is 0.987. The molecule has 0 atom stereocenters. The van der Waals surface area contributed by atoms with E-state index in [1.165, 1.54) is 5.56 Å². The van der Waals surface area contributed by atoms with Crippen LogP contribution >= 0.6 is 0 Å². The molecule has 1 aromatic carbocycles. The second-order valence-electron chi connectivity index (χ2n) is 3.90. The van der Waals surface area contributed by atoms with Crippen molar-refractivity contribution in [2.45, 2.75) is 13.5 Å². The highest BCUT2D eigenvalue weighted by atomic mass is 15.3. The number of benzene rings is 1. The lowest BCUT2D eigenvalue weighted by Gasteiger charge is -2.09.